The van der Waals surface area contributed by atoms with Crippen LogP contribution in [-0.2, 0) is 0 Å². The molecule has 0 aromatic heterocycles. The van der Waals surface area contributed by atoms with E-state index in [9.17, 15) is 30.6 Å². The van der Waals surface area contributed by atoms with Crippen molar-refractivity contribution in [2.24, 2.45) is 0 Å². The lowest BCUT2D eigenvalue weighted by molar-refractivity contribution is 0.369. The van der Waals surface area contributed by atoms with E-state index >= 15 is 0 Å². The highest BCUT2D eigenvalue weighted by molar-refractivity contribution is 5.82. The maximum atomic E-state index is 10.00. The first-order valence-electron chi connectivity index (χ1n) is 6.98. The van der Waals surface area contributed by atoms with Gasteiger partial charge in [0.25, 0.3) is 0 Å². The van der Waals surface area contributed by atoms with Gasteiger partial charge in [-0.05, 0) is 41.5 Å². The molecule has 3 rings (SSSR count). The summed E-state index contributed by atoms with van der Waals surface area (Å²) in [5.41, 5.74) is 1.61. The summed E-state index contributed by atoms with van der Waals surface area (Å²) in [6.45, 7) is 0. The fourth-order valence-electron chi connectivity index (χ4n) is 2.46. The van der Waals surface area contributed by atoms with Gasteiger partial charge in [0, 0.05) is 11.1 Å². The van der Waals surface area contributed by atoms with E-state index < -0.39 is 34.5 Å². The fourth-order valence-corrected chi connectivity index (χ4v) is 2.46. The van der Waals surface area contributed by atoms with Gasteiger partial charge in [-0.3, -0.25) is 0 Å². The lowest BCUT2D eigenvalue weighted by Gasteiger charge is -2.11. The predicted octanol–water partition coefficient (Wildman–Crippen LogP) is 3.25. The first-order chi connectivity index (χ1) is 11.4. The van der Waals surface area contributed by atoms with E-state index in [2.05, 4.69) is 0 Å². The number of benzene rings is 3. The number of phenolic OH excluding ortho intramolecular Hbond substituents is 6. The second-order valence-corrected chi connectivity index (χ2v) is 5.24. The molecule has 0 radical (unpaired) electrons. The van der Waals surface area contributed by atoms with Crippen LogP contribution in [0.2, 0.25) is 0 Å². The molecule has 0 fully saturated rings. The topological polar surface area (TPSA) is 121 Å². The zero-order valence-corrected chi connectivity index (χ0v) is 12.3. The van der Waals surface area contributed by atoms with Gasteiger partial charge in [-0.1, -0.05) is 18.2 Å². The van der Waals surface area contributed by atoms with Crippen molar-refractivity contribution in [1.29, 1.82) is 0 Å². The molecule has 0 amide bonds. The van der Waals surface area contributed by atoms with Crippen molar-refractivity contribution in [3.05, 3.63) is 48.5 Å². The Morgan fingerprint density at radius 3 is 1.29 bits per heavy atom. The molecule has 0 spiro atoms. The van der Waals surface area contributed by atoms with Gasteiger partial charge < -0.3 is 30.6 Å². The van der Waals surface area contributed by atoms with Crippen molar-refractivity contribution in [1.82, 2.24) is 0 Å². The minimum atomic E-state index is -0.622. The first kappa shape index (κ1) is 15.4. The van der Waals surface area contributed by atoms with E-state index in [1.165, 1.54) is 24.3 Å². The Kier molecular flexibility index (Phi) is 3.57. The Labute approximate surface area is 136 Å². The maximum absolute atomic E-state index is 10.00. The van der Waals surface area contributed by atoms with Crippen molar-refractivity contribution >= 4 is 0 Å². The van der Waals surface area contributed by atoms with Crippen LogP contribution in [0.4, 0.5) is 0 Å². The molecule has 0 heterocycles. The zero-order valence-electron chi connectivity index (χ0n) is 12.3. The van der Waals surface area contributed by atoms with Gasteiger partial charge in [0.2, 0.25) is 11.5 Å². The van der Waals surface area contributed by atoms with Gasteiger partial charge in [-0.15, -0.1) is 0 Å². The Bertz CT molecular complexity index is 860. The van der Waals surface area contributed by atoms with E-state index in [4.69, 9.17) is 0 Å². The fraction of sp³-hybridized carbons (Fsp3) is 0. The average molecular weight is 326 g/mol. The van der Waals surface area contributed by atoms with Crippen LogP contribution >= 0.6 is 0 Å². The smallest absolute Gasteiger partial charge is 0.200 e. The van der Waals surface area contributed by atoms with E-state index in [-0.39, 0.29) is 11.1 Å². The normalized spacial score (nSPS) is 10.7. The summed E-state index contributed by atoms with van der Waals surface area (Å²) in [6.07, 6.45) is 0. The lowest BCUT2D eigenvalue weighted by atomic mass is 9.97. The predicted molar refractivity (Wildman–Crippen MR) is 87.3 cm³/mol. The highest BCUT2D eigenvalue weighted by Crippen LogP contribution is 2.45. The molecule has 6 heteroatoms. The molecule has 6 nitrogen and oxygen atoms in total. The molecular weight excluding hydrogens is 312 g/mol. The highest BCUT2D eigenvalue weighted by atomic mass is 16.3. The molecule has 0 saturated heterocycles. The van der Waals surface area contributed by atoms with Gasteiger partial charge >= 0.3 is 0 Å². The molecule has 0 aliphatic heterocycles. The summed E-state index contributed by atoms with van der Waals surface area (Å²) in [5, 5.41) is 58.1. The third-order valence-electron chi connectivity index (χ3n) is 3.74. The highest BCUT2D eigenvalue weighted by Gasteiger charge is 2.16. The van der Waals surface area contributed by atoms with Crippen LogP contribution in [0.1, 0.15) is 0 Å². The Morgan fingerprint density at radius 2 is 0.875 bits per heavy atom. The summed E-state index contributed by atoms with van der Waals surface area (Å²) < 4.78 is 0. The van der Waals surface area contributed by atoms with Gasteiger partial charge in [0.15, 0.2) is 23.0 Å². The summed E-state index contributed by atoms with van der Waals surface area (Å²) in [5.74, 6) is -3.05. The van der Waals surface area contributed by atoms with Crippen LogP contribution in [0, 0.1) is 0 Å². The number of aromatic hydroxyl groups is 6. The molecule has 0 aliphatic rings. The van der Waals surface area contributed by atoms with E-state index in [1.807, 2.05) is 0 Å². The van der Waals surface area contributed by atoms with Gasteiger partial charge in [-0.25, -0.2) is 0 Å². The second-order valence-electron chi connectivity index (χ2n) is 5.24. The lowest BCUT2D eigenvalue weighted by Crippen LogP contribution is -1.84. The molecule has 6 N–H and O–H groups in total. The van der Waals surface area contributed by atoms with Crippen molar-refractivity contribution in [3.63, 3.8) is 0 Å². The standard InChI is InChI=1S/C18H14O6/c19-13-6-4-11(15(21)17(13)23)9-2-1-3-10(8-9)12-5-7-14(20)18(24)16(12)22/h1-8,19-24H. The molecule has 24 heavy (non-hydrogen) atoms. The van der Waals surface area contributed by atoms with Crippen molar-refractivity contribution in [2.45, 2.75) is 0 Å². The van der Waals surface area contributed by atoms with Crippen molar-refractivity contribution in [2.75, 3.05) is 0 Å². The summed E-state index contributed by atoms with van der Waals surface area (Å²) in [4.78, 5) is 0. The number of rotatable bonds is 2. The first-order valence-corrected chi connectivity index (χ1v) is 6.98. The molecule has 0 atom stereocenters. The van der Waals surface area contributed by atoms with Crippen LogP contribution in [0.5, 0.6) is 34.5 Å². The molecule has 0 unspecified atom stereocenters. The Morgan fingerprint density at radius 1 is 0.458 bits per heavy atom. The zero-order chi connectivity index (χ0) is 17.4. The monoisotopic (exact) mass is 326 g/mol. The van der Waals surface area contributed by atoms with Crippen LogP contribution in [0.3, 0.4) is 0 Å². The van der Waals surface area contributed by atoms with Gasteiger partial charge in [-0.2, -0.15) is 0 Å². The minimum Gasteiger partial charge on any atom is -0.504 e. The number of hydrogen-bond acceptors (Lipinski definition) is 6. The largest absolute Gasteiger partial charge is 0.504 e. The number of hydrogen-bond donors (Lipinski definition) is 6. The third kappa shape index (κ3) is 2.40. The van der Waals surface area contributed by atoms with Gasteiger partial charge in [0.05, 0.1) is 0 Å². The molecule has 0 aliphatic carbocycles. The Hall–Kier alpha value is -3.54. The summed E-state index contributed by atoms with van der Waals surface area (Å²) in [6, 6.07) is 12.0. The SMILES string of the molecule is Oc1ccc(-c2cccc(-c3ccc(O)c(O)c3O)c2)c(O)c1O. The second kappa shape index (κ2) is 5.58. The molecule has 0 saturated carbocycles. The molecule has 122 valence electrons. The molecule has 0 bridgehead atoms. The number of phenols is 6. The van der Waals surface area contributed by atoms with Crippen LogP contribution in [0.25, 0.3) is 22.3 Å². The van der Waals surface area contributed by atoms with Crippen molar-refractivity contribution in [3.8, 4) is 56.8 Å². The quantitative estimate of drug-likeness (QED) is 0.402. The van der Waals surface area contributed by atoms with E-state index in [1.54, 1.807) is 24.3 Å². The van der Waals surface area contributed by atoms with Gasteiger partial charge in [0.1, 0.15) is 0 Å². The van der Waals surface area contributed by atoms with E-state index in [0.29, 0.717) is 11.1 Å². The Balaban J connectivity index is 2.15. The van der Waals surface area contributed by atoms with Crippen LogP contribution in [-0.4, -0.2) is 30.6 Å². The minimum absolute atomic E-state index is 0.287. The summed E-state index contributed by atoms with van der Waals surface area (Å²) in [7, 11) is 0. The summed E-state index contributed by atoms with van der Waals surface area (Å²) >= 11 is 0. The van der Waals surface area contributed by atoms with Crippen molar-refractivity contribution < 1.29 is 30.6 Å². The van der Waals surface area contributed by atoms with Crippen LogP contribution in [0.15, 0.2) is 48.5 Å². The molecule has 3 aromatic rings. The maximum Gasteiger partial charge on any atom is 0.200 e. The average Bonchev–Trinajstić information content (AvgIpc) is 2.58. The van der Waals surface area contributed by atoms with E-state index in [0.717, 1.165) is 0 Å². The molecule has 3 aromatic carbocycles. The third-order valence-corrected chi connectivity index (χ3v) is 3.74. The molecular formula is C18H14O6. The van der Waals surface area contributed by atoms with Crippen LogP contribution < -0.4 is 0 Å².